The first-order valence-electron chi connectivity index (χ1n) is 6.92. The van der Waals surface area contributed by atoms with Gasteiger partial charge in [0.2, 0.25) is 9.84 Å². The molecule has 0 aliphatic heterocycles. The van der Waals surface area contributed by atoms with Crippen molar-refractivity contribution in [3.05, 3.63) is 70.2 Å². The minimum atomic E-state index is -3.69. The van der Waals surface area contributed by atoms with Crippen LogP contribution in [0.2, 0.25) is 0 Å². The molecule has 24 heavy (non-hydrogen) atoms. The third kappa shape index (κ3) is 3.15. The monoisotopic (exact) mass is 343 g/mol. The molecule has 9 heteroatoms. The molecule has 0 saturated carbocycles. The van der Waals surface area contributed by atoms with Gasteiger partial charge in [-0.1, -0.05) is 22.8 Å². The molecule has 0 aliphatic rings. The van der Waals surface area contributed by atoms with E-state index in [0.717, 1.165) is 26.6 Å². The second-order valence-corrected chi connectivity index (χ2v) is 6.79. The van der Waals surface area contributed by atoms with Crippen molar-refractivity contribution >= 4 is 16.0 Å². The minimum absolute atomic E-state index is 0.137. The molecule has 0 radical (unpaired) electrons. The molecule has 2 aromatic heterocycles. The molecular formula is C15H13N5O3S. The third-order valence-electron chi connectivity index (χ3n) is 3.22. The van der Waals surface area contributed by atoms with Gasteiger partial charge in [0.25, 0.3) is 0 Å². The van der Waals surface area contributed by atoms with E-state index in [4.69, 9.17) is 0 Å². The van der Waals surface area contributed by atoms with Crippen molar-refractivity contribution in [3.63, 3.8) is 0 Å². The zero-order chi connectivity index (χ0) is 17.2. The minimum Gasteiger partial charge on any atom is -0.262 e. The molecule has 3 rings (SSSR count). The van der Waals surface area contributed by atoms with Gasteiger partial charge >= 0.3 is 5.69 Å². The number of hydrogen-bond donors (Lipinski definition) is 0. The number of nitrogens with zero attached hydrogens (tertiary/aromatic N) is 5. The molecule has 0 N–H and O–H groups in total. The predicted molar refractivity (Wildman–Crippen MR) is 87.1 cm³/mol. The van der Waals surface area contributed by atoms with Gasteiger partial charge in [-0.15, -0.1) is 4.80 Å². The predicted octanol–water partition coefficient (Wildman–Crippen LogP) is 1.03. The molecule has 2 heterocycles. The van der Waals surface area contributed by atoms with E-state index in [1.165, 1.54) is 18.3 Å². The lowest BCUT2D eigenvalue weighted by molar-refractivity contribution is 0.604. The van der Waals surface area contributed by atoms with E-state index in [1.54, 1.807) is 30.5 Å². The Morgan fingerprint density at radius 3 is 2.54 bits per heavy atom. The Morgan fingerprint density at radius 1 is 1.12 bits per heavy atom. The van der Waals surface area contributed by atoms with E-state index in [0.29, 0.717) is 5.69 Å². The van der Waals surface area contributed by atoms with Crippen LogP contribution >= 0.6 is 0 Å². The van der Waals surface area contributed by atoms with Crippen molar-refractivity contribution in [1.29, 1.82) is 0 Å². The van der Waals surface area contributed by atoms with Gasteiger partial charge in [-0.2, -0.15) is 4.68 Å². The molecule has 0 saturated heterocycles. The van der Waals surface area contributed by atoms with Crippen LogP contribution < -0.4 is 5.69 Å². The van der Waals surface area contributed by atoms with Crippen LogP contribution in [0.15, 0.2) is 63.9 Å². The highest BCUT2D eigenvalue weighted by atomic mass is 32.2. The van der Waals surface area contributed by atoms with Crippen LogP contribution in [0.3, 0.4) is 0 Å². The Labute approximate surface area is 137 Å². The molecule has 0 aliphatic carbocycles. The topological polar surface area (TPSA) is 99.7 Å². The van der Waals surface area contributed by atoms with Gasteiger partial charge in [0.1, 0.15) is 5.69 Å². The first-order chi connectivity index (χ1) is 11.5. The SMILES string of the molecule is Cc1ccc(S(=O)(=O)/C=C/n2c(=O)nnn2-c2cccnc2)cc1. The van der Waals surface area contributed by atoms with E-state index in [2.05, 4.69) is 15.3 Å². The summed E-state index contributed by atoms with van der Waals surface area (Å²) in [7, 11) is -3.69. The number of aromatic nitrogens is 5. The lowest BCUT2D eigenvalue weighted by Gasteiger charge is -2.04. The fourth-order valence-corrected chi connectivity index (χ4v) is 2.92. The molecule has 1 aromatic carbocycles. The van der Waals surface area contributed by atoms with Crippen molar-refractivity contribution in [2.24, 2.45) is 0 Å². The van der Waals surface area contributed by atoms with Crippen LogP contribution in [0, 0.1) is 6.92 Å². The quantitative estimate of drug-likeness (QED) is 0.701. The van der Waals surface area contributed by atoms with Gasteiger partial charge in [0.15, 0.2) is 0 Å². The lowest BCUT2D eigenvalue weighted by atomic mass is 10.2. The van der Waals surface area contributed by atoms with Crippen molar-refractivity contribution in [2.75, 3.05) is 0 Å². The van der Waals surface area contributed by atoms with Crippen LogP contribution in [0.5, 0.6) is 0 Å². The number of aryl methyl sites for hydroxylation is 1. The van der Waals surface area contributed by atoms with Crippen LogP contribution in [-0.4, -0.2) is 33.2 Å². The molecule has 3 aromatic rings. The lowest BCUT2D eigenvalue weighted by Crippen LogP contribution is -2.18. The average Bonchev–Trinajstić information content (AvgIpc) is 2.95. The fraction of sp³-hybridized carbons (Fsp3) is 0.0667. The highest BCUT2D eigenvalue weighted by Crippen LogP contribution is 2.13. The summed E-state index contributed by atoms with van der Waals surface area (Å²) in [5.41, 5.74) is 0.728. The summed E-state index contributed by atoms with van der Waals surface area (Å²) < 4.78 is 25.7. The van der Waals surface area contributed by atoms with E-state index in [9.17, 15) is 13.2 Å². The van der Waals surface area contributed by atoms with E-state index in [-0.39, 0.29) is 4.90 Å². The highest BCUT2D eigenvalue weighted by Gasteiger charge is 2.12. The summed E-state index contributed by atoms with van der Waals surface area (Å²) in [6.07, 6.45) is 4.16. The van der Waals surface area contributed by atoms with Crippen molar-refractivity contribution in [2.45, 2.75) is 11.8 Å². The van der Waals surface area contributed by atoms with Crippen LogP contribution in [0.1, 0.15) is 5.56 Å². The number of benzene rings is 1. The van der Waals surface area contributed by atoms with Crippen LogP contribution in [-0.2, 0) is 9.84 Å². The second kappa shape index (κ2) is 6.20. The zero-order valence-electron chi connectivity index (χ0n) is 12.6. The molecule has 0 atom stereocenters. The van der Waals surface area contributed by atoms with E-state index in [1.807, 2.05) is 6.92 Å². The Balaban J connectivity index is 2.00. The normalized spacial score (nSPS) is 11.9. The Morgan fingerprint density at radius 2 is 1.88 bits per heavy atom. The summed E-state index contributed by atoms with van der Waals surface area (Å²) >= 11 is 0. The van der Waals surface area contributed by atoms with E-state index < -0.39 is 15.5 Å². The van der Waals surface area contributed by atoms with Crippen molar-refractivity contribution in [1.82, 2.24) is 24.8 Å². The number of hydrogen-bond acceptors (Lipinski definition) is 6. The Bertz CT molecular complexity index is 1030. The molecule has 8 nitrogen and oxygen atoms in total. The first-order valence-corrected chi connectivity index (χ1v) is 8.47. The summed E-state index contributed by atoms with van der Waals surface area (Å²) in [6.45, 7) is 1.86. The Hall–Kier alpha value is -3.07. The van der Waals surface area contributed by atoms with Gasteiger partial charge in [0, 0.05) is 12.4 Å². The number of pyridine rings is 1. The molecule has 0 unspecified atom stereocenters. The smallest absolute Gasteiger partial charge is 0.262 e. The Kier molecular flexibility index (Phi) is 4.09. The second-order valence-electron chi connectivity index (χ2n) is 4.96. The highest BCUT2D eigenvalue weighted by molar-refractivity contribution is 7.94. The third-order valence-corrected chi connectivity index (χ3v) is 4.63. The van der Waals surface area contributed by atoms with Gasteiger partial charge in [-0.25, -0.2) is 13.2 Å². The molecule has 122 valence electrons. The molecular weight excluding hydrogens is 330 g/mol. The maximum atomic E-state index is 12.3. The maximum absolute atomic E-state index is 12.3. The fourth-order valence-electron chi connectivity index (χ4n) is 1.97. The van der Waals surface area contributed by atoms with Crippen molar-refractivity contribution < 1.29 is 8.42 Å². The van der Waals surface area contributed by atoms with Crippen LogP contribution in [0.25, 0.3) is 11.9 Å². The summed E-state index contributed by atoms with van der Waals surface area (Å²) in [6, 6.07) is 9.75. The van der Waals surface area contributed by atoms with Gasteiger partial charge in [-0.3, -0.25) is 4.98 Å². The maximum Gasteiger partial charge on any atom is 0.388 e. The van der Waals surface area contributed by atoms with Gasteiger partial charge in [-0.05, 0) is 36.4 Å². The first kappa shape index (κ1) is 15.8. The molecule has 0 amide bonds. The zero-order valence-corrected chi connectivity index (χ0v) is 13.5. The van der Waals surface area contributed by atoms with Crippen LogP contribution in [0.4, 0.5) is 0 Å². The molecule has 0 spiro atoms. The van der Waals surface area contributed by atoms with Gasteiger partial charge in [0.05, 0.1) is 16.5 Å². The average molecular weight is 343 g/mol. The summed E-state index contributed by atoms with van der Waals surface area (Å²) in [5, 5.41) is 8.07. The summed E-state index contributed by atoms with van der Waals surface area (Å²) in [4.78, 5) is 17.0. The van der Waals surface area contributed by atoms with Crippen molar-refractivity contribution in [3.8, 4) is 5.69 Å². The van der Waals surface area contributed by atoms with E-state index >= 15 is 0 Å². The molecule has 0 bridgehead atoms. The molecule has 0 fully saturated rings. The number of rotatable bonds is 4. The summed E-state index contributed by atoms with van der Waals surface area (Å²) in [5.74, 6) is 0. The number of tetrazole rings is 1. The standard InChI is InChI=1S/C15H13N5O3S/c1-12-4-6-14(7-5-12)24(22,23)10-9-19-15(21)17-18-20(19)13-3-2-8-16-11-13/h2-11H,1H3/b10-9+. The number of sulfone groups is 1. The largest absolute Gasteiger partial charge is 0.388 e. The van der Waals surface area contributed by atoms with Gasteiger partial charge < -0.3 is 0 Å².